The first-order valence-electron chi connectivity index (χ1n) is 41.1. The standard InChI is InChI=1S/C78H129N10O34P/c1-45(2)75(87(14)15)123(113-31-18-24-79)122-58-22-20-57(21-23-58)73(102)82-25-17-16-19-59(74(103)83-29-34-106-36-38-107-76-64(84-46(3)89)67(101)68(114-52(9)95)60(119-76)42-110-49(6)92)88(30-26-80-27-32-104-35-39-108-77-65(85-47(4)90)71(117-55(12)98)69(115-53(10)96)61(120-77)43-111-50(7)93)41-63(100)81-28-33-105-37-40-109-78-66(86-48(5)91)72(118-56(13)99)70(116-54(11)97)62(121-78)44-112-51(8)94/h45,57-62,64-72,75-78,80,101H,16-23,25-44H2,1-15H3,(H,81,100)(H,82,102)(H,83,103)(H,84,89)(H,85,90)(H,86,91). The van der Waals surface area contributed by atoms with Crippen molar-refractivity contribution < 1.29 is 162 Å². The van der Waals surface area contributed by atoms with Crippen molar-refractivity contribution in [3.63, 3.8) is 0 Å². The fourth-order valence-electron chi connectivity index (χ4n) is 13.9. The summed E-state index contributed by atoms with van der Waals surface area (Å²) < 4.78 is 109. The molecule has 3 aliphatic heterocycles. The third-order valence-corrected chi connectivity index (χ3v) is 21.4. The first-order valence-corrected chi connectivity index (χ1v) is 42.3. The van der Waals surface area contributed by atoms with E-state index in [-0.39, 0.29) is 154 Å². The molecular weight excluding hydrogens is 1650 g/mol. The van der Waals surface area contributed by atoms with E-state index in [1.165, 1.54) is 20.8 Å². The summed E-state index contributed by atoms with van der Waals surface area (Å²) >= 11 is 0. The lowest BCUT2D eigenvalue weighted by atomic mass is 9.87. The average Bonchev–Trinajstić information content (AvgIpc) is 0.796. The summed E-state index contributed by atoms with van der Waals surface area (Å²) in [4.78, 5) is 181. The Morgan fingerprint density at radius 1 is 0.480 bits per heavy atom. The Labute approximate surface area is 717 Å². The molecular formula is C78H129N10O34P. The zero-order chi connectivity index (χ0) is 91.3. The highest BCUT2D eigenvalue weighted by Crippen LogP contribution is 2.51. The lowest BCUT2D eigenvalue weighted by molar-refractivity contribution is -0.279. The summed E-state index contributed by atoms with van der Waals surface area (Å²) in [6, 6.07) is -2.62. The number of amides is 6. The van der Waals surface area contributed by atoms with Crippen LogP contribution in [0.15, 0.2) is 0 Å². The zero-order valence-electron chi connectivity index (χ0n) is 73.1. The smallest absolute Gasteiger partial charge is 0.303 e. The lowest BCUT2D eigenvalue weighted by Crippen LogP contribution is -2.66. The molecule has 45 heteroatoms. The van der Waals surface area contributed by atoms with Crippen LogP contribution in [0.4, 0.5) is 0 Å². The maximum atomic E-state index is 14.8. The van der Waals surface area contributed by atoms with Crippen LogP contribution in [0.2, 0.25) is 0 Å². The van der Waals surface area contributed by atoms with Crippen molar-refractivity contribution >= 4 is 91.6 Å². The van der Waals surface area contributed by atoms with Gasteiger partial charge in [-0.3, -0.25) is 76.9 Å². The summed E-state index contributed by atoms with van der Waals surface area (Å²) in [7, 11) is 2.54. The van der Waals surface area contributed by atoms with Gasteiger partial charge in [0.2, 0.25) is 35.4 Å². The van der Waals surface area contributed by atoms with Crippen LogP contribution in [0, 0.1) is 23.2 Å². The zero-order valence-corrected chi connectivity index (χ0v) is 73.9. The number of unbranched alkanes of at least 4 members (excludes halogenated alkanes) is 1. The van der Waals surface area contributed by atoms with Gasteiger partial charge in [0.15, 0.2) is 57.8 Å². The van der Waals surface area contributed by atoms with Gasteiger partial charge in [0.25, 0.3) is 0 Å². The van der Waals surface area contributed by atoms with Gasteiger partial charge in [0.1, 0.15) is 62.4 Å². The number of esters is 8. The number of hydrogen-bond donors (Lipinski definition) is 8. The molecule has 123 heavy (non-hydrogen) atoms. The van der Waals surface area contributed by atoms with E-state index >= 15 is 0 Å². The van der Waals surface area contributed by atoms with E-state index in [0.717, 1.165) is 55.4 Å². The van der Waals surface area contributed by atoms with Crippen LogP contribution in [0.1, 0.15) is 141 Å². The van der Waals surface area contributed by atoms with Crippen molar-refractivity contribution in [1.29, 1.82) is 5.26 Å². The maximum Gasteiger partial charge on any atom is 0.303 e. The molecule has 700 valence electrons. The van der Waals surface area contributed by atoms with E-state index in [9.17, 15) is 77.5 Å². The van der Waals surface area contributed by atoms with Gasteiger partial charge in [-0.05, 0) is 65.0 Å². The number of hydrogen-bond acceptors (Lipinski definition) is 38. The van der Waals surface area contributed by atoms with Crippen molar-refractivity contribution in [3.05, 3.63) is 0 Å². The fraction of sp³-hybridized carbons (Fsp3) is 0.808. The van der Waals surface area contributed by atoms with Gasteiger partial charge < -0.3 is 132 Å². The van der Waals surface area contributed by atoms with Crippen LogP contribution in [-0.4, -0.2) is 354 Å². The fourth-order valence-corrected chi connectivity index (χ4v) is 15.9. The normalized spacial score (nSPS) is 25.1. The van der Waals surface area contributed by atoms with Crippen molar-refractivity contribution in [2.45, 2.75) is 251 Å². The second kappa shape index (κ2) is 58.2. The van der Waals surface area contributed by atoms with Gasteiger partial charge in [-0.1, -0.05) is 13.8 Å². The molecule has 0 radical (unpaired) electrons. The predicted molar refractivity (Wildman–Crippen MR) is 426 cm³/mol. The van der Waals surface area contributed by atoms with Crippen molar-refractivity contribution in [2.24, 2.45) is 11.8 Å². The lowest BCUT2D eigenvalue weighted by Gasteiger charge is -2.44. The number of aliphatic hydroxyl groups excluding tert-OH is 1. The number of nitriles is 1. The largest absolute Gasteiger partial charge is 0.463 e. The Balaban J connectivity index is 1.55. The van der Waals surface area contributed by atoms with Gasteiger partial charge in [0.05, 0.1) is 103 Å². The number of carbonyl (C=O) groups is 14. The van der Waals surface area contributed by atoms with E-state index in [2.05, 4.69) is 62.0 Å². The Morgan fingerprint density at radius 2 is 0.902 bits per heavy atom. The second-order valence-electron chi connectivity index (χ2n) is 29.9. The van der Waals surface area contributed by atoms with E-state index in [1.807, 2.05) is 14.1 Å². The SMILES string of the molecule is CC(=O)NC1C(OCCOCCNC(=O)C(CCCCNC(=O)C2CCC(OP(OCCC#N)C(C(C)C)N(C)C)CC2)N(CCNCCOCCOC2OC(COC(C)=O)C(OC(C)=O)C(OC(C)=O)C2NC(C)=O)CC(=O)NCCOCCOC2OC(COC(C)=O)C(OC(C)=O)C(OC(C)=O)C2NC(C)=O)OC(COC(C)=O)C(OC(C)=O)C1O. The van der Waals surface area contributed by atoms with Crippen LogP contribution in [0.25, 0.3) is 0 Å². The average molecular weight is 1780 g/mol. The number of rotatable bonds is 56. The molecule has 4 aliphatic rings. The van der Waals surface area contributed by atoms with E-state index in [4.69, 9.17) is 89.6 Å². The minimum atomic E-state index is -1.58. The Kier molecular flexibility index (Phi) is 50.8. The monoisotopic (exact) mass is 1780 g/mol. The minimum absolute atomic E-state index is 0.0283. The van der Waals surface area contributed by atoms with Crippen molar-refractivity contribution in [3.8, 4) is 6.07 Å². The third kappa shape index (κ3) is 41.3. The summed E-state index contributed by atoms with van der Waals surface area (Å²) in [5.74, 6) is -9.07. The van der Waals surface area contributed by atoms with Crippen LogP contribution in [0.3, 0.4) is 0 Å². The predicted octanol–water partition coefficient (Wildman–Crippen LogP) is -1.38. The van der Waals surface area contributed by atoms with E-state index in [1.54, 1.807) is 4.90 Å². The first-order chi connectivity index (χ1) is 58.4. The van der Waals surface area contributed by atoms with Gasteiger partial charge in [-0.25, -0.2) is 0 Å². The molecule has 18 atom stereocenters. The van der Waals surface area contributed by atoms with Crippen LogP contribution >= 0.6 is 8.38 Å². The summed E-state index contributed by atoms with van der Waals surface area (Å²) in [6.07, 6.45) is -12.7. The number of ether oxygens (including phenoxy) is 17. The third-order valence-electron chi connectivity index (χ3n) is 18.9. The highest BCUT2D eigenvalue weighted by atomic mass is 31.2. The molecule has 18 unspecified atom stereocenters. The molecule has 0 bridgehead atoms. The van der Waals surface area contributed by atoms with Crippen LogP contribution in [0.5, 0.6) is 0 Å². The van der Waals surface area contributed by atoms with Crippen molar-refractivity contribution in [2.75, 3.05) is 146 Å². The Morgan fingerprint density at radius 3 is 1.33 bits per heavy atom. The van der Waals surface area contributed by atoms with Crippen LogP contribution < -0.4 is 37.2 Å². The summed E-state index contributed by atoms with van der Waals surface area (Å²) in [6.45, 7) is 14.8. The summed E-state index contributed by atoms with van der Waals surface area (Å²) in [5, 5.41) is 40.5. The maximum absolute atomic E-state index is 14.8. The molecule has 1 aliphatic carbocycles. The summed E-state index contributed by atoms with van der Waals surface area (Å²) in [5.41, 5.74) is 0. The Bertz CT molecular complexity index is 3360. The molecule has 1 saturated carbocycles. The molecule has 44 nitrogen and oxygen atoms in total. The quantitative estimate of drug-likeness (QED) is 0.0151. The number of nitrogens with zero attached hydrogens (tertiary/aromatic N) is 3. The van der Waals surface area contributed by atoms with Crippen LogP contribution in [-0.2, 0) is 157 Å². The van der Waals surface area contributed by atoms with Gasteiger partial charge in [-0.15, -0.1) is 0 Å². The molecule has 3 saturated heterocycles. The number of carbonyl (C=O) groups excluding carboxylic acids is 14. The molecule has 0 aromatic rings. The second-order valence-corrected chi connectivity index (χ2v) is 31.5. The van der Waals surface area contributed by atoms with Gasteiger partial charge >= 0.3 is 47.8 Å². The number of aliphatic hydroxyl groups is 1. The van der Waals surface area contributed by atoms with E-state index < -0.39 is 203 Å². The highest BCUT2D eigenvalue weighted by molar-refractivity contribution is 7.48. The van der Waals surface area contributed by atoms with Gasteiger partial charge in [-0.2, -0.15) is 5.26 Å². The topological polar surface area (TPSA) is 549 Å². The molecule has 4 rings (SSSR count). The molecule has 6 amide bonds. The molecule has 0 spiro atoms. The molecule has 4 fully saturated rings. The number of nitrogens with one attached hydrogen (secondary N) is 7. The van der Waals surface area contributed by atoms with Gasteiger partial charge in [0, 0.05) is 121 Å². The minimum Gasteiger partial charge on any atom is -0.463 e. The molecule has 3 heterocycles. The Hall–Kier alpha value is -8.10. The molecule has 0 aromatic carbocycles. The molecule has 8 N–H and O–H groups in total. The van der Waals surface area contributed by atoms with Crippen molar-refractivity contribution in [1.82, 2.24) is 47.0 Å². The molecule has 0 aromatic heterocycles. The first kappa shape index (κ1) is 107. The van der Waals surface area contributed by atoms with E-state index in [0.29, 0.717) is 38.5 Å². The highest BCUT2D eigenvalue weighted by Gasteiger charge is 2.54.